The number of carbonyl (C=O) groups excluding carboxylic acids is 2. The number of carbonyl (C=O) groups is 2. The summed E-state index contributed by atoms with van der Waals surface area (Å²) in [6.45, 7) is 0.964. The lowest BCUT2D eigenvalue weighted by molar-refractivity contribution is -0.115. The van der Waals surface area contributed by atoms with Crippen molar-refractivity contribution in [2.45, 2.75) is 6.42 Å². The third kappa shape index (κ3) is 5.51. The number of rotatable bonds is 8. The maximum Gasteiger partial charge on any atom is 0.265 e. The fourth-order valence-corrected chi connectivity index (χ4v) is 4.25. The lowest BCUT2D eigenvalue weighted by atomic mass is 10.1. The minimum atomic E-state index is -0.211. The molecule has 0 atom stereocenters. The molecule has 0 bridgehead atoms. The predicted octanol–water partition coefficient (Wildman–Crippen LogP) is 4.51. The van der Waals surface area contributed by atoms with E-state index in [2.05, 4.69) is 28.1 Å². The fourth-order valence-electron chi connectivity index (χ4n) is 3.31. The van der Waals surface area contributed by atoms with E-state index in [1.165, 1.54) is 16.9 Å². The molecule has 2 amide bonds. The Balaban J connectivity index is 1.32. The quantitative estimate of drug-likeness (QED) is 0.238. The molecule has 162 valence electrons. The van der Waals surface area contributed by atoms with Gasteiger partial charge >= 0.3 is 0 Å². The number of nitrogens with one attached hydrogen (secondary N) is 3. The minimum Gasteiger partial charge on any atom is -0.397 e. The van der Waals surface area contributed by atoms with E-state index >= 15 is 0 Å². The van der Waals surface area contributed by atoms with Crippen molar-refractivity contribution < 1.29 is 9.59 Å². The molecule has 32 heavy (non-hydrogen) atoms. The van der Waals surface area contributed by atoms with Crippen LogP contribution in [-0.4, -0.2) is 24.9 Å². The number of anilines is 3. The molecule has 0 aliphatic heterocycles. The number of hydrogen-bond acceptors (Lipinski definition) is 5. The van der Waals surface area contributed by atoms with E-state index < -0.39 is 0 Å². The Hall–Kier alpha value is -3.68. The monoisotopic (exact) mass is 444 g/mol. The summed E-state index contributed by atoms with van der Waals surface area (Å²) in [6.07, 6.45) is 0.869. The van der Waals surface area contributed by atoms with Gasteiger partial charge in [0.2, 0.25) is 5.91 Å². The first kappa shape index (κ1) is 21.5. The first-order chi connectivity index (χ1) is 15.6. The fraction of sp³-hybridized carbons (Fsp3) is 0.120. The van der Waals surface area contributed by atoms with Crippen molar-refractivity contribution in [2.24, 2.45) is 0 Å². The third-order valence-corrected chi connectivity index (χ3v) is 6.07. The van der Waals surface area contributed by atoms with Crippen molar-refractivity contribution in [3.8, 4) is 0 Å². The smallest absolute Gasteiger partial charge is 0.265 e. The summed E-state index contributed by atoms with van der Waals surface area (Å²) in [5, 5.41) is 9.81. The van der Waals surface area contributed by atoms with Crippen LogP contribution in [0.4, 0.5) is 17.1 Å². The average molecular weight is 445 g/mol. The predicted molar refractivity (Wildman–Crippen MR) is 132 cm³/mol. The van der Waals surface area contributed by atoms with E-state index in [1.54, 1.807) is 12.1 Å². The van der Waals surface area contributed by atoms with Crippen LogP contribution in [-0.2, 0) is 11.2 Å². The molecule has 0 fully saturated rings. The van der Waals surface area contributed by atoms with Crippen LogP contribution in [0, 0.1) is 0 Å². The minimum absolute atomic E-state index is 0.106. The van der Waals surface area contributed by atoms with Crippen molar-refractivity contribution in [3.63, 3.8) is 0 Å². The van der Waals surface area contributed by atoms with Crippen molar-refractivity contribution in [3.05, 3.63) is 89.3 Å². The number of fused-ring (bicyclic) bond motifs is 1. The molecule has 0 saturated carbocycles. The molecule has 0 unspecified atom stereocenters. The van der Waals surface area contributed by atoms with Gasteiger partial charge in [-0.15, -0.1) is 11.3 Å². The summed E-state index contributed by atoms with van der Waals surface area (Å²) in [7, 11) is 0. The summed E-state index contributed by atoms with van der Waals surface area (Å²) < 4.78 is 0.968. The molecule has 5 N–H and O–H groups in total. The van der Waals surface area contributed by atoms with E-state index in [9.17, 15) is 9.59 Å². The number of benzene rings is 3. The number of amides is 2. The molecule has 0 aliphatic carbocycles. The molecular weight excluding hydrogens is 420 g/mol. The lowest BCUT2D eigenvalue weighted by Crippen LogP contribution is -2.29. The van der Waals surface area contributed by atoms with Gasteiger partial charge < -0.3 is 21.7 Å². The van der Waals surface area contributed by atoms with Crippen molar-refractivity contribution in [1.82, 2.24) is 5.32 Å². The number of nitrogens with two attached hydrogens (primary N) is 1. The Morgan fingerprint density at radius 3 is 2.47 bits per heavy atom. The van der Waals surface area contributed by atoms with E-state index in [0.717, 1.165) is 23.1 Å². The summed E-state index contributed by atoms with van der Waals surface area (Å²) in [5.74, 6) is -0.317. The summed E-state index contributed by atoms with van der Waals surface area (Å²) in [5.41, 5.74) is 8.94. The first-order valence-corrected chi connectivity index (χ1v) is 11.1. The number of hydrogen-bond donors (Lipinski definition) is 4. The highest BCUT2D eigenvalue weighted by Crippen LogP contribution is 2.29. The van der Waals surface area contributed by atoms with Crippen LogP contribution in [0.3, 0.4) is 0 Å². The van der Waals surface area contributed by atoms with Gasteiger partial charge in [0.1, 0.15) is 0 Å². The molecular formula is C25H24N4O2S. The second kappa shape index (κ2) is 10.1. The lowest BCUT2D eigenvalue weighted by Gasteiger charge is -2.07. The van der Waals surface area contributed by atoms with Gasteiger partial charge in [0.25, 0.3) is 5.91 Å². The van der Waals surface area contributed by atoms with Crippen LogP contribution in [0.5, 0.6) is 0 Å². The molecule has 3 aromatic carbocycles. The summed E-state index contributed by atoms with van der Waals surface area (Å²) in [6, 6.07) is 24.7. The highest BCUT2D eigenvalue weighted by molar-refractivity contribution is 7.20. The first-order valence-electron chi connectivity index (χ1n) is 10.3. The normalized spacial score (nSPS) is 10.8. The Morgan fingerprint density at radius 2 is 1.66 bits per heavy atom. The van der Waals surface area contributed by atoms with E-state index in [4.69, 9.17) is 5.73 Å². The zero-order chi connectivity index (χ0) is 22.3. The topological polar surface area (TPSA) is 96.2 Å². The van der Waals surface area contributed by atoms with Gasteiger partial charge in [0.15, 0.2) is 0 Å². The zero-order valence-corrected chi connectivity index (χ0v) is 18.2. The third-order valence-electron chi connectivity index (χ3n) is 4.95. The molecule has 0 aliphatic rings. The molecule has 1 aromatic heterocycles. The summed E-state index contributed by atoms with van der Waals surface area (Å²) >= 11 is 1.39. The van der Waals surface area contributed by atoms with Crippen LogP contribution in [0.2, 0.25) is 0 Å². The second-order valence-corrected chi connectivity index (χ2v) is 8.45. The molecule has 0 spiro atoms. The molecule has 1 heterocycles. The van der Waals surface area contributed by atoms with E-state index in [0.29, 0.717) is 21.9 Å². The largest absolute Gasteiger partial charge is 0.397 e. The highest BCUT2D eigenvalue weighted by Gasteiger charge is 2.12. The van der Waals surface area contributed by atoms with Gasteiger partial charge in [-0.3, -0.25) is 9.59 Å². The standard InChI is InChI=1S/C25H24N4O2S/c26-20-8-4-5-9-21(20)29-25(31)23-15-18-14-19(10-11-22(18)32-23)28-24(30)16-27-13-12-17-6-2-1-3-7-17/h1-11,14-15,27H,12-13,16,26H2,(H,28,30)(H,29,31). The van der Waals surface area contributed by atoms with E-state index in [-0.39, 0.29) is 18.4 Å². The van der Waals surface area contributed by atoms with Crippen LogP contribution in [0.15, 0.2) is 78.9 Å². The molecule has 0 saturated heterocycles. The second-order valence-electron chi connectivity index (χ2n) is 7.37. The molecule has 6 nitrogen and oxygen atoms in total. The van der Waals surface area contributed by atoms with Gasteiger partial charge in [-0.2, -0.15) is 0 Å². The van der Waals surface area contributed by atoms with Crippen molar-refractivity contribution in [1.29, 1.82) is 0 Å². The Labute approximate surface area is 190 Å². The Bertz CT molecular complexity index is 1240. The zero-order valence-electron chi connectivity index (χ0n) is 17.4. The van der Waals surface area contributed by atoms with Crippen molar-refractivity contribution >= 4 is 50.3 Å². The highest BCUT2D eigenvalue weighted by atomic mass is 32.1. The molecule has 4 rings (SSSR count). The summed E-state index contributed by atoms with van der Waals surface area (Å²) in [4.78, 5) is 25.5. The van der Waals surface area contributed by atoms with Crippen LogP contribution in [0.1, 0.15) is 15.2 Å². The maximum atomic E-state index is 12.6. The number of para-hydroxylation sites is 2. The Kier molecular flexibility index (Phi) is 6.79. The van der Waals surface area contributed by atoms with Crippen LogP contribution >= 0.6 is 11.3 Å². The number of nitrogen functional groups attached to an aromatic ring is 1. The van der Waals surface area contributed by atoms with E-state index in [1.807, 2.05) is 54.6 Å². The Morgan fingerprint density at radius 1 is 0.875 bits per heavy atom. The van der Waals surface area contributed by atoms with Crippen molar-refractivity contribution in [2.75, 3.05) is 29.5 Å². The van der Waals surface area contributed by atoms with Crippen LogP contribution in [0.25, 0.3) is 10.1 Å². The molecule has 7 heteroatoms. The number of thiophene rings is 1. The molecule has 4 aromatic rings. The molecule has 0 radical (unpaired) electrons. The van der Waals surface area contributed by atoms with Gasteiger partial charge in [0, 0.05) is 10.4 Å². The van der Waals surface area contributed by atoms with Gasteiger partial charge in [-0.1, -0.05) is 42.5 Å². The SMILES string of the molecule is Nc1ccccc1NC(=O)c1cc2cc(NC(=O)CNCCc3ccccc3)ccc2s1. The van der Waals surface area contributed by atoms with Crippen LogP contribution < -0.4 is 21.7 Å². The van der Waals surface area contributed by atoms with Gasteiger partial charge in [-0.25, -0.2) is 0 Å². The maximum absolute atomic E-state index is 12.6. The average Bonchev–Trinajstić information content (AvgIpc) is 3.23. The van der Waals surface area contributed by atoms with Gasteiger partial charge in [-0.05, 0) is 60.3 Å². The van der Waals surface area contributed by atoms with Gasteiger partial charge in [0.05, 0.1) is 22.8 Å².